The van der Waals surface area contributed by atoms with Gasteiger partial charge in [-0.25, -0.2) is 0 Å². The van der Waals surface area contributed by atoms with E-state index in [-0.39, 0.29) is 0 Å². The van der Waals surface area contributed by atoms with Crippen LogP contribution >= 0.6 is 0 Å². The number of benzene rings is 4. The van der Waals surface area contributed by atoms with Gasteiger partial charge in [0.05, 0.1) is 0 Å². The molecule has 0 aliphatic carbocycles. The molecule has 0 atom stereocenters. The zero-order valence-electron chi connectivity index (χ0n) is 26.6. The highest BCUT2D eigenvalue weighted by atomic mass is 19.4. The largest absolute Gasteiger partial charge is 0.411 e. The highest BCUT2D eigenvalue weighted by molar-refractivity contribution is 5.49. The van der Waals surface area contributed by atoms with Crippen molar-refractivity contribution >= 4 is 0 Å². The second-order valence-electron chi connectivity index (χ2n) is 11.8. The molecule has 0 N–H and O–H groups in total. The summed E-state index contributed by atoms with van der Waals surface area (Å²) in [6, 6.07) is 14.9. The van der Waals surface area contributed by atoms with Crippen molar-refractivity contribution in [2.75, 3.05) is 0 Å². The highest BCUT2D eigenvalue weighted by Gasteiger charge is 2.73. The first-order valence-electron chi connectivity index (χ1n) is 14.4. The molecular weight excluding hydrogens is 660 g/mol. The first-order chi connectivity index (χ1) is 21.8. The predicted molar refractivity (Wildman–Crippen MR) is 160 cm³/mol. The number of rotatable bonds is 4. The highest BCUT2D eigenvalue weighted by Crippen LogP contribution is 2.57. The molecule has 4 aromatic carbocycles. The lowest BCUT2D eigenvalue weighted by Gasteiger charge is -2.38. The lowest BCUT2D eigenvalue weighted by Crippen LogP contribution is -2.54. The molecule has 0 aliphatic rings. The molecule has 0 saturated heterocycles. The minimum absolute atomic E-state index is 0.374. The quantitative estimate of drug-likeness (QED) is 0.187. The molecule has 0 bridgehead atoms. The van der Waals surface area contributed by atoms with Crippen LogP contribution < -0.4 is 0 Å². The summed E-state index contributed by atoms with van der Waals surface area (Å²) < 4.78 is 166. The van der Waals surface area contributed by atoms with Crippen molar-refractivity contribution in [3.8, 4) is 0 Å². The maximum absolute atomic E-state index is 14.0. The molecule has 48 heavy (non-hydrogen) atoms. The summed E-state index contributed by atoms with van der Waals surface area (Å²) in [7, 11) is 0. The minimum atomic E-state index is -5.55. The first kappa shape index (κ1) is 38.5. The molecule has 0 aliphatic heterocycles. The van der Waals surface area contributed by atoms with Crippen LogP contribution in [0.15, 0.2) is 84.9 Å². The van der Waals surface area contributed by atoms with Crippen LogP contribution in [0.1, 0.15) is 55.6 Å². The second-order valence-corrected chi connectivity index (χ2v) is 11.8. The van der Waals surface area contributed by atoms with E-state index in [9.17, 15) is 52.7 Å². The minimum Gasteiger partial charge on any atom is -0.169 e. The van der Waals surface area contributed by atoms with Gasteiger partial charge in [-0.15, -0.1) is 0 Å². The van der Waals surface area contributed by atoms with Crippen molar-refractivity contribution in [1.29, 1.82) is 0 Å². The van der Waals surface area contributed by atoms with E-state index in [1.807, 2.05) is 0 Å². The molecule has 12 heteroatoms. The second kappa shape index (κ2) is 13.2. The summed E-state index contributed by atoms with van der Waals surface area (Å²) in [5.41, 5.74) is -8.29. The van der Waals surface area contributed by atoms with Gasteiger partial charge in [0, 0.05) is 0 Å². The van der Waals surface area contributed by atoms with Crippen molar-refractivity contribution < 1.29 is 52.7 Å². The Morgan fingerprint density at radius 3 is 0.750 bits per heavy atom. The van der Waals surface area contributed by atoms with E-state index in [1.165, 1.54) is 50.2 Å². The zero-order valence-corrected chi connectivity index (χ0v) is 26.6. The Morgan fingerprint density at radius 2 is 0.521 bits per heavy atom. The number of halogens is 12. The molecule has 0 nitrogen and oxygen atoms in total. The van der Waals surface area contributed by atoms with Gasteiger partial charge >= 0.3 is 24.7 Å². The van der Waals surface area contributed by atoms with Gasteiger partial charge in [0.1, 0.15) is 0 Å². The van der Waals surface area contributed by atoms with Crippen LogP contribution in [0, 0.1) is 41.5 Å². The molecule has 4 aromatic rings. The molecule has 0 radical (unpaired) electrons. The molecule has 0 heterocycles. The normalized spacial score (nSPS) is 13.2. The van der Waals surface area contributed by atoms with Gasteiger partial charge < -0.3 is 0 Å². The Morgan fingerprint density at radius 1 is 0.292 bits per heavy atom. The summed E-state index contributed by atoms with van der Waals surface area (Å²) in [4.78, 5) is 0. The average molecular weight is 693 g/mol. The van der Waals surface area contributed by atoms with E-state index in [0.29, 0.717) is 33.4 Å². The van der Waals surface area contributed by atoms with Crippen molar-refractivity contribution in [3.05, 3.63) is 141 Å². The van der Waals surface area contributed by atoms with Crippen LogP contribution in [0.4, 0.5) is 52.7 Å². The molecule has 0 saturated carbocycles. The van der Waals surface area contributed by atoms with Gasteiger partial charge in [0.15, 0.2) is 0 Å². The number of alkyl halides is 12. The van der Waals surface area contributed by atoms with Gasteiger partial charge in [-0.1, -0.05) is 96.1 Å². The van der Waals surface area contributed by atoms with E-state index < -0.39 is 57.8 Å². The van der Waals surface area contributed by atoms with Gasteiger partial charge in [-0.2, -0.15) is 52.7 Å². The summed E-state index contributed by atoms with van der Waals surface area (Å²) in [6.45, 7) is 9.46. The van der Waals surface area contributed by atoms with Crippen LogP contribution in [0.3, 0.4) is 0 Å². The van der Waals surface area contributed by atoms with Crippen LogP contribution in [0.2, 0.25) is 0 Å². The van der Waals surface area contributed by atoms with Gasteiger partial charge in [-0.3, -0.25) is 0 Å². The molecule has 0 spiro atoms. The maximum atomic E-state index is 14.0. The average Bonchev–Trinajstić information content (AvgIpc) is 2.92. The fourth-order valence-electron chi connectivity index (χ4n) is 5.52. The van der Waals surface area contributed by atoms with E-state index in [1.54, 1.807) is 27.7 Å². The molecule has 0 amide bonds. The fraction of sp³-hybridized carbons (Fsp3) is 0.333. The number of hydrogen-bond donors (Lipinski definition) is 0. The third kappa shape index (κ3) is 6.80. The lowest BCUT2D eigenvalue weighted by atomic mass is 9.71. The van der Waals surface area contributed by atoms with E-state index in [4.69, 9.17) is 0 Å². The lowest BCUT2D eigenvalue weighted by molar-refractivity contribution is -0.290. The first-order valence-corrected chi connectivity index (χ1v) is 14.4. The van der Waals surface area contributed by atoms with Crippen LogP contribution in [-0.4, -0.2) is 24.7 Å². The predicted octanol–water partition coefficient (Wildman–Crippen LogP) is 12.0. The van der Waals surface area contributed by atoms with Crippen molar-refractivity contribution in [2.24, 2.45) is 0 Å². The number of aryl methyl sites for hydroxylation is 6. The zero-order chi connectivity index (χ0) is 36.7. The van der Waals surface area contributed by atoms with E-state index in [0.717, 1.165) is 48.5 Å². The summed E-state index contributed by atoms with van der Waals surface area (Å²) in [5, 5.41) is 0. The fourth-order valence-corrected chi connectivity index (χ4v) is 5.52. The van der Waals surface area contributed by atoms with Gasteiger partial charge in [-0.05, 0) is 86.1 Å². The van der Waals surface area contributed by atoms with Gasteiger partial charge in [0.25, 0.3) is 0 Å². The Labute approximate surface area is 270 Å². The van der Waals surface area contributed by atoms with Crippen LogP contribution in [-0.2, 0) is 10.8 Å². The maximum Gasteiger partial charge on any atom is 0.411 e. The number of hydrogen-bond acceptors (Lipinski definition) is 0. The summed E-state index contributed by atoms with van der Waals surface area (Å²) >= 11 is 0. The molecule has 0 unspecified atom stereocenters. The molecule has 4 rings (SSSR count). The topological polar surface area (TPSA) is 0 Å². The smallest absolute Gasteiger partial charge is 0.169 e. The van der Waals surface area contributed by atoms with Crippen molar-refractivity contribution in [3.63, 3.8) is 0 Å². The molecular formula is C36H32F12. The Hall–Kier alpha value is -3.96. The third-order valence-electron chi connectivity index (χ3n) is 8.55. The van der Waals surface area contributed by atoms with Gasteiger partial charge in [0.2, 0.25) is 10.8 Å². The van der Waals surface area contributed by atoms with Crippen LogP contribution in [0.25, 0.3) is 0 Å². The molecule has 0 aromatic heterocycles. The van der Waals surface area contributed by atoms with Crippen molar-refractivity contribution in [2.45, 2.75) is 77.1 Å². The SMILES string of the molecule is Cc1ccc(C(c2ccc(C)c(C)c2)(C(F)(F)F)C(F)(F)F)cc1C.Cc1ccc(C(c2ccc(C)cc2)(C(F)(F)F)C(F)(F)F)cc1. The van der Waals surface area contributed by atoms with E-state index in [2.05, 4.69) is 0 Å². The van der Waals surface area contributed by atoms with E-state index >= 15 is 0 Å². The van der Waals surface area contributed by atoms with Crippen LogP contribution in [0.5, 0.6) is 0 Å². The third-order valence-corrected chi connectivity index (χ3v) is 8.55. The molecule has 0 fully saturated rings. The Balaban J connectivity index is 0.000000261. The Kier molecular flexibility index (Phi) is 10.5. The summed E-state index contributed by atoms with van der Waals surface area (Å²) in [6.07, 6.45) is -22.2. The molecule has 260 valence electrons. The standard InChI is InChI=1S/C19H18F6.C17H14F6/c1-11-5-7-15(9-13(11)3)17(18(20,21)22,19(23,24)25)16-8-6-12(2)14(4)10-16;1-11-3-7-13(8-4-11)15(16(18,19)20,17(21,22)23)14-9-5-12(2)6-10-14/h5-10H,1-4H3;3-10H,1-2H3. The summed E-state index contributed by atoms with van der Waals surface area (Å²) in [5.74, 6) is 0. The Bertz CT molecular complexity index is 1570. The van der Waals surface area contributed by atoms with Crippen molar-refractivity contribution in [1.82, 2.24) is 0 Å². The monoisotopic (exact) mass is 692 g/mol.